The van der Waals surface area contributed by atoms with Crippen molar-refractivity contribution in [3.63, 3.8) is 0 Å². The lowest BCUT2D eigenvalue weighted by Crippen LogP contribution is -2.22. The summed E-state index contributed by atoms with van der Waals surface area (Å²) in [6.45, 7) is 0. The van der Waals surface area contributed by atoms with Gasteiger partial charge in [-0.1, -0.05) is 12.1 Å². The van der Waals surface area contributed by atoms with Gasteiger partial charge in [-0.2, -0.15) is 0 Å². The standard InChI is InChI=1S/C11H11N2O2S2/c1-13(2)17(14,15)10-5-3-4-9(6-10)11-7-16-8-12-11/h3-7H,1-2H3. The zero-order chi connectivity index (χ0) is 12.5. The molecular weight excluding hydrogens is 256 g/mol. The Morgan fingerprint density at radius 2 is 2.12 bits per heavy atom. The van der Waals surface area contributed by atoms with Crippen LogP contribution in [-0.4, -0.2) is 31.8 Å². The van der Waals surface area contributed by atoms with E-state index in [4.69, 9.17) is 0 Å². The Balaban J connectivity index is 2.50. The summed E-state index contributed by atoms with van der Waals surface area (Å²) in [4.78, 5) is 4.31. The molecule has 6 heteroatoms. The van der Waals surface area contributed by atoms with Gasteiger partial charge in [0.1, 0.15) is 0 Å². The molecule has 0 bridgehead atoms. The Morgan fingerprint density at radius 3 is 2.71 bits per heavy atom. The summed E-state index contributed by atoms with van der Waals surface area (Å²) in [6, 6.07) is 6.75. The van der Waals surface area contributed by atoms with Crippen LogP contribution in [0.2, 0.25) is 0 Å². The predicted octanol–water partition coefficient (Wildman–Crippen LogP) is 1.86. The molecular formula is C11H11N2O2S2. The van der Waals surface area contributed by atoms with E-state index in [1.54, 1.807) is 18.2 Å². The van der Waals surface area contributed by atoms with Gasteiger partial charge in [-0.05, 0) is 12.1 Å². The summed E-state index contributed by atoms with van der Waals surface area (Å²) in [6.07, 6.45) is 0. The van der Waals surface area contributed by atoms with E-state index < -0.39 is 10.0 Å². The van der Waals surface area contributed by atoms with Gasteiger partial charge in [-0.25, -0.2) is 17.7 Å². The molecule has 1 heterocycles. The van der Waals surface area contributed by atoms with Crippen LogP contribution in [0.4, 0.5) is 0 Å². The smallest absolute Gasteiger partial charge is 0.233 e. The van der Waals surface area contributed by atoms with E-state index >= 15 is 0 Å². The van der Waals surface area contributed by atoms with Gasteiger partial charge in [0.2, 0.25) is 10.0 Å². The molecule has 2 aromatic rings. The van der Waals surface area contributed by atoms with Crippen LogP contribution in [-0.2, 0) is 10.0 Å². The Kier molecular flexibility index (Phi) is 3.28. The van der Waals surface area contributed by atoms with Crippen molar-refractivity contribution < 1.29 is 8.42 Å². The lowest BCUT2D eigenvalue weighted by molar-refractivity contribution is 0.521. The summed E-state index contributed by atoms with van der Waals surface area (Å²) in [5.74, 6) is 0. The quantitative estimate of drug-likeness (QED) is 0.853. The molecule has 0 fully saturated rings. The molecule has 0 aliphatic rings. The second-order valence-corrected chi connectivity index (χ2v) is 6.45. The fraction of sp³-hybridized carbons (Fsp3) is 0.182. The highest BCUT2D eigenvalue weighted by Gasteiger charge is 2.17. The topological polar surface area (TPSA) is 50.3 Å². The molecule has 0 unspecified atom stereocenters. The van der Waals surface area contributed by atoms with Crippen molar-refractivity contribution in [3.05, 3.63) is 35.2 Å². The van der Waals surface area contributed by atoms with Gasteiger partial charge in [0.25, 0.3) is 0 Å². The SMILES string of the molecule is CN(C)S(=O)(=O)c1cccc(-c2cs[c]n2)c1. The molecule has 0 spiro atoms. The largest absolute Gasteiger partial charge is 0.242 e. The molecule has 0 aliphatic heterocycles. The monoisotopic (exact) mass is 267 g/mol. The summed E-state index contributed by atoms with van der Waals surface area (Å²) < 4.78 is 25.1. The van der Waals surface area contributed by atoms with Crippen LogP contribution in [0.5, 0.6) is 0 Å². The number of thiazole rings is 1. The summed E-state index contributed by atoms with van der Waals surface area (Å²) in [7, 11) is -0.367. The van der Waals surface area contributed by atoms with Crippen molar-refractivity contribution in [2.75, 3.05) is 14.1 Å². The van der Waals surface area contributed by atoms with E-state index in [0.29, 0.717) is 0 Å². The predicted molar refractivity (Wildman–Crippen MR) is 67.3 cm³/mol. The third-order valence-electron chi connectivity index (χ3n) is 2.30. The molecule has 17 heavy (non-hydrogen) atoms. The molecule has 89 valence electrons. The second kappa shape index (κ2) is 4.56. The average molecular weight is 267 g/mol. The minimum absolute atomic E-state index is 0.271. The first-order valence-corrected chi connectivity index (χ1v) is 7.18. The van der Waals surface area contributed by atoms with E-state index in [2.05, 4.69) is 10.5 Å². The molecule has 0 aliphatic carbocycles. The van der Waals surface area contributed by atoms with Crippen molar-refractivity contribution >= 4 is 21.4 Å². The van der Waals surface area contributed by atoms with E-state index in [1.807, 2.05) is 11.4 Å². The number of hydrogen-bond donors (Lipinski definition) is 0. The second-order valence-electron chi connectivity index (χ2n) is 3.64. The van der Waals surface area contributed by atoms with E-state index in [-0.39, 0.29) is 4.90 Å². The highest BCUT2D eigenvalue weighted by Crippen LogP contribution is 2.23. The third kappa shape index (κ3) is 2.38. The van der Waals surface area contributed by atoms with Gasteiger partial charge in [0, 0.05) is 25.0 Å². The van der Waals surface area contributed by atoms with Gasteiger partial charge in [0.15, 0.2) is 5.51 Å². The van der Waals surface area contributed by atoms with Crippen LogP contribution in [0.1, 0.15) is 0 Å². The highest BCUT2D eigenvalue weighted by atomic mass is 32.2. The normalized spacial score (nSPS) is 11.9. The zero-order valence-corrected chi connectivity index (χ0v) is 11.0. The third-order valence-corrected chi connectivity index (χ3v) is 4.65. The van der Waals surface area contributed by atoms with Crippen LogP contribution in [0, 0.1) is 5.51 Å². The van der Waals surface area contributed by atoms with Crippen molar-refractivity contribution in [2.45, 2.75) is 4.90 Å². The minimum Gasteiger partial charge on any atom is -0.233 e. The first-order chi connectivity index (χ1) is 8.01. The number of aromatic nitrogens is 1. The molecule has 4 nitrogen and oxygen atoms in total. The molecule has 0 N–H and O–H groups in total. The molecule has 0 saturated carbocycles. The number of rotatable bonds is 3. The number of nitrogens with zero attached hydrogens (tertiary/aromatic N) is 2. The van der Waals surface area contributed by atoms with Gasteiger partial charge >= 0.3 is 0 Å². The molecule has 2 rings (SSSR count). The van der Waals surface area contributed by atoms with Crippen molar-refractivity contribution in [1.82, 2.24) is 9.29 Å². The van der Waals surface area contributed by atoms with Gasteiger partial charge in [-0.15, -0.1) is 11.3 Å². The number of hydrogen-bond acceptors (Lipinski definition) is 4. The molecule has 1 radical (unpaired) electrons. The maximum atomic E-state index is 12.0. The van der Waals surface area contributed by atoms with E-state index in [1.165, 1.54) is 29.7 Å². The average Bonchev–Trinajstić information content (AvgIpc) is 2.82. The lowest BCUT2D eigenvalue weighted by atomic mass is 10.2. The zero-order valence-electron chi connectivity index (χ0n) is 9.41. The molecule has 1 aromatic heterocycles. The lowest BCUT2D eigenvalue weighted by Gasteiger charge is -2.11. The van der Waals surface area contributed by atoms with Crippen LogP contribution in [0.15, 0.2) is 34.5 Å². The number of sulfonamides is 1. The fourth-order valence-electron chi connectivity index (χ4n) is 1.34. The maximum absolute atomic E-state index is 12.0. The molecule has 1 aromatic carbocycles. The molecule has 0 amide bonds. The number of benzene rings is 1. The molecule has 0 atom stereocenters. The Bertz CT molecular complexity index is 604. The van der Waals surface area contributed by atoms with Gasteiger partial charge in [-0.3, -0.25) is 0 Å². The fourth-order valence-corrected chi connectivity index (χ4v) is 2.80. The van der Waals surface area contributed by atoms with Gasteiger partial charge in [0.05, 0.1) is 10.6 Å². The maximum Gasteiger partial charge on any atom is 0.242 e. The van der Waals surface area contributed by atoms with Crippen LogP contribution < -0.4 is 0 Å². The highest BCUT2D eigenvalue weighted by molar-refractivity contribution is 7.89. The van der Waals surface area contributed by atoms with Crippen molar-refractivity contribution in [3.8, 4) is 11.3 Å². The molecule has 0 saturated heterocycles. The van der Waals surface area contributed by atoms with Gasteiger partial charge < -0.3 is 0 Å². The van der Waals surface area contributed by atoms with Crippen LogP contribution in [0.25, 0.3) is 11.3 Å². The first kappa shape index (κ1) is 12.2. The van der Waals surface area contributed by atoms with E-state index in [9.17, 15) is 8.42 Å². The first-order valence-electron chi connectivity index (χ1n) is 4.86. The minimum atomic E-state index is -3.39. The summed E-state index contributed by atoms with van der Waals surface area (Å²) in [5.41, 5.74) is 4.27. The van der Waals surface area contributed by atoms with Crippen molar-refractivity contribution in [2.24, 2.45) is 0 Å². The van der Waals surface area contributed by atoms with Crippen molar-refractivity contribution in [1.29, 1.82) is 0 Å². The summed E-state index contributed by atoms with van der Waals surface area (Å²) in [5, 5.41) is 1.83. The van der Waals surface area contributed by atoms with Crippen LogP contribution >= 0.6 is 11.3 Å². The Morgan fingerprint density at radius 1 is 1.35 bits per heavy atom. The van der Waals surface area contributed by atoms with E-state index in [0.717, 1.165) is 11.3 Å². The Labute approximate surface area is 105 Å². The summed E-state index contributed by atoms with van der Waals surface area (Å²) >= 11 is 1.36. The Hall–Kier alpha value is -1.24. The van der Waals surface area contributed by atoms with Crippen LogP contribution in [0.3, 0.4) is 0 Å².